The molecule has 0 bridgehead atoms. The van der Waals surface area contributed by atoms with Gasteiger partial charge in [-0.3, -0.25) is 9.78 Å². The summed E-state index contributed by atoms with van der Waals surface area (Å²) >= 11 is 5.96. The Hall–Kier alpha value is -4.22. The predicted octanol–water partition coefficient (Wildman–Crippen LogP) is 6.51. The fourth-order valence-electron chi connectivity index (χ4n) is 3.75. The highest BCUT2D eigenvalue weighted by Gasteiger charge is 2.15. The zero-order chi connectivity index (χ0) is 23.7. The van der Waals surface area contributed by atoms with E-state index in [-0.39, 0.29) is 11.5 Å². The largest absolute Gasteiger partial charge is 0.422 e. The van der Waals surface area contributed by atoms with Gasteiger partial charge in [-0.05, 0) is 53.9 Å². The molecular formula is C28H19ClN2O3. The molecule has 34 heavy (non-hydrogen) atoms. The van der Waals surface area contributed by atoms with Gasteiger partial charge in [-0.15, -0.1) is 0 Å². The van der Waals surface area contributed by atoms with E-state index in [0.717, 1.165) is 16.9 Å². The fourth-order valence-corrected chi connectivity index (χ4v) is 3.88. The number of nitrogens with zero attached hydrogens (tertiary/aromatic N) is 2. The van der Waals surface area contributed by atoms with E-state index in [1.54, 1.807) is 36.5 Å². The number of pyridine rings is 1. The van der Waals surface area contributed by atoms with E-state index in [9.17, 15) is 9.59 Å². The summed E-state index contributed by atoms with van der Waals surface area (Å²) in [5, 5.41) is 1.72. The molecule has 0 aliphatic heterocycles. The molecular weight excluding hydrogens is 448 g/mol. The van der Waals surface area contributed by atoms with Crippen molar-refractivity contribution in [3.8, 4) is 11.3 Å². The van der Waals surface area contributed by atoms with E-state index in [1.807, 2.05) is 72.6 Å². The first kappa shape index (κ1) is 21.6. The van der Waals surface area contributed by atoms with Crippen molar-refractivity contribution in [3.63, 3.8) is 0 Å². The van der Waals surface area contributed by atoms with E-state index in [0.29, 0.717) is 27.1 Å². The highest BCUT2D eigenvalue weighted by atomic mass is 35.5. The second-order valence-electron chi connectivity index (χ2n) is 7.83. The maximum atomic E-state index is 13.1. The highest BCUT2D eigenvalue weighted by Crippen LogP contribution is 2.26. The SMILES string of the molecule is CN(c1ccc(Cl)cc1)c1ccc(C(=O)c2ccc3cc(-c4ccccc4)oc(=O)c3c2)nc1. The summed E-state index contributed by atoms with van der Waals surface area (Å²) in [6.45, 7) is 0. The van der Waals surface area contributed by atoms with Crippen molar-refractivity contribution in [1.29, 1.82) is 0 Å². The summed E-state index contributed by atoms with van der Waals surface area (Å²) in [6, 6.07) is 27.2. The van der Waals surface area contributed by atoms with Gasteiger partial charge in [0, 0.05) is 28.9 Å². The summed E-state index contributed by atoms with van der Waals surface area (Å²) < 4.78 is 5.51. The smallest absolute Gasteiger partial charge is 0.344 e. The lowest BCUT2D eigenvalue weighted by atomic mass is 10.0. The van der Waals surface area contributed by atoms with E-state index >= 15 is 0 Å². The molecule has 0 unspecified atom stereocenters. The number of anilines is 2. The van der Waals surface area contributed by atoms with E-state index in [2.05, 4.69) is 4.98 Å². The minimum absolute atomic E-state index is 0.269. The lowest BCUT2D eigenvalue weighted by Gasteiger charge is -2.19. The number of ketones is 1. The van der Waals surface area contributed by atoms with Crippen molar-refractivity contribution in [1.82, 2.24) is 4.98 Å². The summed E-state index contributed by atoms with van der Waals surface area (Å²) in [5.74, 6) is 0.216. The van der Waals surface area contributed by atoms with Gasteiger partial charge in [-0.1, -0.05) is 54.1 Å². The summed E-state index contributed by atoms with van der Waals surface area (Å²) in [4.78, 5) is 32.0. The Bertz CT molecular complexity index is 1540. The Morgan fingerprint density at radius 2 is 1.62 bits per heavy atom. The van der Waals surface area contributed by atoms with Crippen LogP contribution in [0, 0.1) is 0 Å². The van der Waals surface area contributed by atoms with Crippen LogP contribution >= 0.6 is 11.6 Å². The molecule has 0 aliphatic rings. The van der Waals surface area contributed by atoms with Crippen molar-refractivity contribution in [2.45, 2.75) is 0 Å². The van der Waals surface area contributed by atoms with Crippen molar-refractivity contribution in [2.75, 3.05) is 11.9 Å². The van der Waals surface area contributed by atoms with Crippen LogP contribution in [0.25, 0.3) is 22.1 Å². The van der Waals surface area contributed by atoms with Gasteiger partial charge in [-0.2, -0.15) is 0 Å². The van der Waals surface area contributed by atoms with Gasteiger partial charge in [0.25, 0.3) is 0 Å². The van der Waals surface area contributed by atoms with Gasteiger partial charge < -0.3 is 9.32 Å². The fraction of sp³-hybridized carbons (Fsp3) is 0.0357. The molecule has 0 fully saturated rings. The Labute approximate surface area is 200 Å². The lowest BCUT2D eigenvalue weighted by molar-refractivity contribution is 0.103. The van der Waals surface area contributed by atoms with Crippen LogP contribution in [0.15, 0.2) is 106 Å². The molecule has 3 aromatic carbocycles. The van der Waals surface area contributed by atoms with Crippen LogP contribution in [-0.2, 0) is 0 Å². The second kappa shape index (κ2) is 8.96. The molecule has 6 heteroatoms. The van der Waals surface area contributed by atoms with Gasteiger partial charge in [-0.25, -0.2) is 4.79 Å². The number of aromatic nitrogens is 1. The minimum atomic E-state index is -0.487. The Morgan fingerprint density at radius 1 is 0.882 bits per heavy atom. The molecule has 0 N–H and O–H groups in total. The van der Waals surface area contributed by atoms with Gasteiger partial charge in [0.2, 0.25) is 5.78 Å². The quantitative estimate of drug-likeness (QED) is 0.276. The summed E-state index contributed by atoms with van der Waals surface area (Å²) in [7, 11) is 1.91. The molecule has 0 atom stereocenters. The zero-order valence-electron chi connectivity index (χ0n) is 18.2. The van der Waals surface area contributed by atoms with Crippen molar-refractivity contribution in [2.24, 2.45) is 0 Å². The Morgan fingerprint density at radius 3 is 2.32 bits per heavy atom. The maximum Gasteiger partial charge on any atom is 0.344 e. The molecule has 0 aliphatic carbocycles. The van der Waals surface area contributed by atoms with Crippen molar-refractivity contribution >= 4 is 39.5 Å². The minimum Gasteiger partial charge on any atom is -0.422 e. The third-order valence-electron chi connectivity index (χ3n) is 5.66. The number of hydrogen-bond donors (Lipinski definition) is 0. The van der Waals surface area contributed by atoms with Gasteiger partial charge in [0.05, 0.1) is 17.3 Å². The molecule has 2 aromatic heterocycles. The lowest BCUT2D eigenvalue weighted by Crippen LogP contribution is -2.11. The normalized spacial score (nSPS) is 10.9. The first-order chi connectivity index (χ1) is 16.5. The Kier molecular flexibility index (Phi) is 5.70. The number of fused-ring (bicyclic) bond motifs is 1. The van der Waals surface area contributed by atoms with Crippen LogP contribution in [0.1, 0.15) is 16.1 Å². The van der Waals surface area contributed by atoms with Crippen LogP contribution in [0.2, 0.25) is 5.02 Å². The topological polar surface area (TPSA) is 63.4 Å². The van der Waals surface area contributed by atoms with Crippen LogP contribution < -0.4 is 10.5 Å². The number of carbonyl (C=O) groups excluding carboxylic acids is 1. The monoisotopic (exact) mass is 466 g/mol. The molecule has 5 aromatic rings. The number of carbonyl (C=O) groups is 1. The standard InChI is InChI=1S/C28H19ClN2O3/c1-31(22-11-9-21(29)10-12-22)23-13-14-25(30-17-23)27(32)20-8-7-19-16-26(18-5-3-2-4-6-18)34-28(33)24(19)15-20/h2-17H,1H3. The molecule has 5 nitrogen and oxygen atoms in total. The molecule has 0 radical (unpaired) electrons. The third-order valence-corrected chi connectivity index (χ3v) is 5.92. The number of halogens is 1. The molecule has 0 saturated carbocycles. The predicted molar refractivity (Wildman–Crippen MR) is 135 cm³/mol. The van der Waals surface area contributed by atoms with Gasteiger partial charge >= 0.3 is 5.63 Å². The molecule has 2 heterocycles. The van der Waals surface area contributed by atoms with Gasteiger partial charge in [0.1, 0.15) is 11.5 Å². The second-order valence-corrected chi connectivity index (χ2v) is 8.27. The number of benzene rings is 3. The highest BCUT2D eigenvalue weighted by molar-refractivity contribution is 6.30. The third kappa shape index (κ3) is 4.21. The summed E-state index contributed by atoms with van der Waals surface area (Å²) in [6.07, 6.45) is 1.64. The molecule has 0 amide bonds. The average molecular weight is 467 g/mol. The molecule has 0 saturated heterocycles. The summed E-state index contributed by atoms with van der Waals surface area (Å²) in [5.41, 5.74) is 2.76. The van der Waals surface area contributed by atoms with Crippen LogP contribution in [-0.4, -0.2) is 17.8 Å². The first-order valence-corrected chi connectivity index (χ1v) is 11.0. The molecule has 5 rings (SSSR count). The van der Waals surface area contributed by atoms with Crippen LogP contribution in [0.5, 0.6) is 0 Å². The van der Waals surface area contributed by atoms with E-state index in [4.69, 9.17) is 16.0 Å². The zero-order valence-corrected chi connectivity index (χ0v) is 19.0. The molecule has 166 valence electrons. The van der Waals surface area contributed by atoms with Crippen molar-refractivity contribution in [3.05, 3.63) is 124 Å². The first-order valence-electron chi connectivity index (χ1n) is 10.6. The number of rotatable bonds is 5. The van der Waals surface area contributed by atoms with Crippen LogP contribution in [0.4, 0.5) is 11.4 Å². The van der Waals surface area contributed by atoms with E-state index < -0.39 is 5.63 Å². The number of hydrogen-bond acceptors (Lipinski definition) is 5. The van der Waals surface area contributed by atoms with Gasteiger partial charge in [0.15, 0.2) is 0 Å². The average Bonchev–Trinajstić information content (AvgIpc) is 2.89. The van der Waals surface area contributed by atoms with Crippen molar-refractivity contribution < 1.29 is 9.21 Å². The Balaban J connectivity index is 1.42. The maximum absolute atomic E-state index is 13.1. The van der Waals surface area contributed by atoms with Crippen LogP contribution in [0.3, 0.4) is 0 Å². The molecule has 0 spiro atoms. The van der Waals surface area contributed by atoms with E-state index in [1.165, 1.54) is 0 Å².